The standard InChI is InChI=1S/C29H32N/c1-19(2)23-12-13-26-24(16-23)14-15-30(6)29(26)28-18-25(22-10-8-7-9-11-22)17-27(20(3)4)21(28)5/h7-20H,1-6H3/q+1. The van der Waals surface area contributed by atoms with E-state index in [2.05, 4.69) is 119 Å². The van der Waals surface area contributed by atoms with Crippen molar-refractivity contribution in [1.29, 1.82) is 0 Å². The predicted octanol–water partition coefficient (Wildman–Crippen LogP) is 7.55. The minimum Gasteiger partial charge on any atom is -0.200 e. The number of nitrogens with zero attached hydrogens (tertiary/aromatic N) is 1. The van der Waals surface area contributed by atoms with Gasteiger partial charge in [0.15, 0.2) is 6.20 Å². The van der Waals surface area contributed by atoms with Crippen molar-refractivity contribution in [3.05, 3.63) is 89.6 Å². The summed E-state index contributed by atoms with van der Waals surface area (Å²) in [6.07, 6.45) is 2.20. The third-order valence-corrected chi connectivity index (χ3v) is 6.26. The molecule has 30 heavy (non-hydrogen) atoms. The zero-order valence-electron chi connectivity index (χ0n) is 19.0. The van der Waals surface area contributed by atoms with Crippen LogP contribution in [0, 0.1) is 6.92 Å². The van der Waals surface area contributed by atoms with Crippen LogP contribution in [-0.2, 0) is 7.05 Å². The highest BCUT2D eigenvalue weighted by atomic mass is 14.9. The molecule has 0 atom stereocenters. The molecule has 0 fully saturated rings. The van der Waals surface area contributed by atoms with E-state index in [9.17, 15) is 0 Å². The van der Waals surface area contributed by atoms with Gasteiger partial charge in [0.25, 0.3) is 0 Å². The summed E-state index contributed by atoms with van der Waals surface area (Å²) in [6, 6.07) is 24.7. The first kappa shape index (κ1) is 20.3. The Kier molecular flexibility index (Phi) is 5.47. The molecule has 0 bridgehead atoms. The van der Waals surface area contributed by atoms with Crippen LogP contribution in [0.2, 0.25) is 0 Å². The summed E-state index contributed by atoms with van der Waals surface area (Å²) in [6.45, 7) is 11.4. The van der Waals surface area contributed by atoms with Gasteiger partial charge in [-0.2, -0.15) is 0 Å². The minimum absolute atomic E-state index is 0.472. The maximum atomic E-state index is 2.38. The van der Waals surface area contributed by atoms with Crippen LogP contribution in [0.25, 0.3) is 33.2 Å². The monoisotopic (exact) mass is 394 g/mol. The molecule has 0 saturated heterocycles. The first-order valence-electron chi connectivity index (χ1n) is 11.0. The summed E-state index contributed by atoms with van der Waals surface area (Å²) >= 11 is 0. The number of rotatable bonds is 4. The lowest BCUT2D eigenvalue weighted by Gasteiger charge is -2.17. The van der Waals surface area contributed by atoms with Gasteiger partial charge in [-0.25, -0.2) is 4.57 Å². The number of fused-ring (bicyclic) bond motifs is 1. The van der Waals surface area contributed by atoms with Gasteiger partial charge in [-0.15, -0.1) is 0 Å². The van der Waals surface area contributed by atoms with Crippen molar-refractivity contribution >= 4 is 10.8 Å². The van der Waals surface area contributed by atoms with E-state index >= 15 is 0 Å². The molecule has 0 aliphatic rings. The van der Waals surface area contributed by atoms with Gasteiger partial charge in [0.1, 0.15) is 7.05 Å². The van der Waals surface area contributed by atoms with E-state index in [0.29, 0.717) is 11.8 Å². The summed E-state index contributed by atoms with van der Waals surface area (Å²) in [4.78, 5) is 0. The third kappa shape index (κ3) is 3.65. The Morgan fingerprint density at radius 2 is 1.47 bits per heavy atom. The van der Waals surface area contributed by atoms with Gasteiger partial charge in [-0.05, 0) is 64.1 Å². The molecule has 0 spiro atoms. The number of benzene rings is 3. The summed E-state index contributed by atoms with van der Waals surface area (Å²) in [5.74, 6) is 1.00. The molecule has 1 aromatic heterocycles. The first-order chi connectivity index (χ1) is 14.4. The highest BCUT2D eigenvalue weighted by Crippen LogP contribution is 2.36. The Bertz CT molecular complexity index is 1200. The van der Waals surface area contributed by atoms with Gasteiger partial charge in [-0.3, -0.25) is 0 Å². The second-order valence-electron chi connectivity index (χ2n) is 9.04. The predicted molar refractivity (Wildman–Crippen MR) is 129 cm³/mol. The lowest BCUT2D eigenvalue weighted by atomic mass is 9.87. The molecule has 1 heteroatoms. The van der Waals surface area contributed by atoms with Crippen molar-refractivity contribution in [2.45, 2.75) is 46.5 Å². The number of aromatic nitrogens is 1. The van der Waals surface area contributed by atoms with Crippen LogP contribution in [0.3, 0.4) is 0 Å². The van der Waals surface area contributed by atoms with E-state index in [1.165, 1.54) is 49.8 Å². The Morgan fingerprint density at radius 3 is 2.13 bits per heavy atom. The molecule has 0 aliphatic carbocycles. The largest absolute Gasteiger partial charge is 0.220 e. The second kappa shape index (κ2) is 8.07. The molecule has 0 aliphatic heterocycles. The maximum Gasteiger partial charge on any atom is 0.220 e. The van der Waals surface area contributed by atoms with E-state index < -0.39 is 0 Å². The van der Waals surface area contributed by atoms with E-state index in [1.54, 1.807) is 0 Å². The van der Waals surface area contributed by atoms with Crippen molar-refractivity contribution in [1.82, 2.24) is 0 Å². The average molecular weight is 395 g/mol. The summed E-state index contributed by atoms with van der Waals surface area (Å²) in [5.41, 5.74) is 9.36. The molecule has 152 valence electrons. The zero-order chi connectivity index (χ0) is 21.4. The van der Waals surface area contributed by atoms with Crippen LogP contribution in [-0.4, -0.2) is 0 Å². The zero-order valence-corrected chi connectivity index (χ0v) is 19.0. The molecule has 4 aromatic rings. The number of aryl methyl sites for hydroxylation is 1. The first-order valence-corrected chi connectivity index (χ1v) is 11.0. The van der Waals surface area contributed by atoms with Gasteiger partial charge in [-0.1, -0.05) is 76.2 Å². The number of pyridine rings is 1. The number of hydrogen-bond donors (Lipinski definition) is 0. The molecule has 1 heterocycles. The molecule has 0 N–H and O–H groups in total. The lowest BCUT2D eigenvalue weighted by molar-refractivity contribution is -0.659. The molecule has 0 amide bonds. The SMILES string of the molecule is Cc1c(-c2c3ccc(C(C)C)cc3cc[n+]2C)cc(-c2ccccc2)cc1C(C)C. The molecule has 3 aromatic carbocycles. The summed E-state index contributed by atoms with van der Waals surface area (Å²) < 4.78 is 2.28. The van der Waals surface area contributed by atoms with Crippen molar-refractivity contribution in [3.8, 4) is 22.4 Å². The van der Waals surface area contributed by atoms with E-state index in [4.69, 9.17) is 0 Å². The second-order valence-corrected chi connectivity index (χ2v) is 9.04. The van der Waals surface area contributed by atoms with E-state index in [-0.39, 0.29) is 0 Å². The van der Waals surface area contributed by atoms with Crippen LogP contribution < -0.4 is 4.57 Å². The average Bonchev–Trinajstić information content (AvgIpc) is 2.74. The highest BCUT2D eigenvalue weighted by Gasteiger charge is 2.21. The van der Waals surface area contributed by atoms with Crippen LogP contribution >= 0.6 is 0 Å². The topological polar surface area (TPSA) is 3.88 Å². The normalized spacial score (nSPS) is 11.6. The summed E-state index contributed by atoms with van der Waals surface area (Å²) in [7, 11) is 2.16. The van der Waals surface area contributed by atoms with Crippen molar-refractivity contribution in [2.24, 2.45) is 7.05 Å². The van der Waals surface area contributed by atoms with Gasteiger partial charge < -0.3 is 0 Å². The fraction of sp³-hybridized carbons (Fsp3) is 0.276. The smallest absolute Gasteiger partial charge is 0.200 e. The highest BCUT2D eigenvalue weighted by molar-refractivity contribution is 5.95. The Balaban J connectivity index is 2.03. The molecular formula is C29H32N+. The Labute approximate surface area is 181 Å². The fourth-order valence-electron chi connectivity index (χ4n) is 4.47. The van der Waals surface area contributed by atoms with Gasteiger partial charge in [0.2, 0.25) is 5.69 Å². The number of hydrogen-bond acceptors (Lipinski definition) is 0. The summed E-state index contributed by atoms with van der Waals surface area (Å²) in [5, 5.41) is 2.62. The minimum atomic E-state index is 0.472. The van der Waals surface area contributed by atoms with Gasteiger partial charge >= 0.3 is 0 Å². The Hall–Kier alpha value is -2.93. The molecule has 0 saturated carbocycles. The molecule has 0 unspecified atom stereocenters. The van der Waals surface area contributed by atoms with Crippen LogP contribution in [0.15, 0.2) is 72.9 Å². The molecule has 1 nitrogen and oxygen atoms in total. The molecule has 0 radical (unpaired) electrons. The van der Waals surface area contributed by atoms with Gasteiger partial charge in [0.05, 0.1) is 10.9 Å². The van der Waals surface area contributed by atoms with Gasteiger partial charge in [0, 0.05) is 6.07 Å². The van der Waals surface area contributed by atoms with Crippen LogP contribution in [0.5, 0.6) is 0 Å². The van der Waals surface area contributed by atoms with Crippen molar-refractivity contribution in [3.63, 3.8) is 0 Å². The van der Waals surface area contributed by atoms with Crippen LogP contribution in [0.1, 0.15) is 56.2 Å². The maximum absolute atomic E-state index is 2.38. The Morgan fingerprint density at radius 1 is 0.733 bits per heavy atom. The van der Waals surface area contributed by atoms with Crippen LogP contribution in [0.4, 0.5) is 0 Å². The fourth-order valence-corrected chi connectivity index (χ4v) is 4.47. The molecular weight excluding hydrogens is 362 g/mol. The lowest BCUT2D eigenvalue weighted by Crippen LogP contribution is -2.31. The molecule has 4 rings (SSSR count). The van der Waals surface area contributed by atoms with E-state index in [0.717, 1.165) is 0 Å². The van der Waals surface area contributed by atoms with Crippen molar-refractivity contribution < 1.29 is 4.57 Å². The van der Waals surface area contributed by atoms with Crippen molar-refractivity contribution in [2.75, 3.05) is 0 Å². The quantitative estimate of drug-likeness (QED) is 0.315. The third-order valence-electron chi connectivity index (χ3n) is 6.26. The van der Waals surface area contributed by atoms with E-state index in [1.807, 2.05) is 0 Å².